The number of carbonyl (C=O) groups is 2. The molecule has 0 radical (unpaired) electrons. The highest BCUT2D eigenvalue weighted by Gasteiger charge is 2.23. The normalized spacial score (nSPS) is 14.6. The van der Waals surface area contributed by atoms with Crippen LogP contribution in [-0.4, -0.2) is 44.2 Å². The number of nitrogens with zero attached hydrogens (tertiary/aromatic N) is 3. The molecule has 3 N–H and O–H groups in total. The molecule has 4 heterocycles. The average Bonchev–Trinajstić information content (AvgIpc) is 3.56. The van der Waals surface area contributed by atoms with Crippen LogP contribution in [0.5, 0.6) is 5.88 Å². The van der Waals surface area contributed by atoms with Gasteiger partial charge < -0.3 is 24.9 Å². The number of carboxylic acid groups (broad SMARTS) is 1. The van der Waals surface area contributed by atoms with Crippen LogP contribution in [0.25, 0.3) is 22.3 Å². The zero-order valence-electron chi connectivity index (χ0n) is 22.0. The summed E-state index contributed by atoms with van der Waals surface area (Å²) in [5.74, 6) is -2.23. The van der Waals surface area contributed by atoms with Crippen molar-refractivity contribution in [3.05, 3.63) is 99.0 Å². The third kappa shape index (κ3) is 5.58. The number of aromatic nitrogens is 3. The Balaban J connectivity index is 1.26. The van der Waals surface area contributed by atoms with E-state index < -0.39 is 23.5 Å². The van der Waals surface area contributed by atoms with Crippen molar-refractivity contribution in [3.8, 4) is 17.1 Å². The van der Waals surface area contributed by atoms with Crippen LogP contribution < -0.4 is 10.5 Å². The van der Waals surface area contributed by atoms with Gasteiger partial charge in [-0.3, -0.25) is 4.79 Å². The quantitative estimate of drug-likeness (QED) is 0.229. The second-order valence-electron chi connectivity index (χ2n) is 9.86. The van der Waals surface area contributed by atoms with E-state index in [9.17, 15) is 14.7 Å². The molecule has 0 bridgehead atoms. The molecule has 1 aliphatic heterocycles. The maximum absolute atomic E-state index is 15.4. The van der Waals surface area contributed by atoms with E-state index in [0.717, 1.165) is 24.1 Å². The van der Waals surface area contributed by atoms with E-state index in [2.05, 4.69) is 9.97 Å². The SMILES string of the molecule is NC(=O)c1cc(COc2cccc(-c3cc(F)c(Cc4nc5ccc(C(=O)O)cc5n4C[C@@H]4CCO4)cc3F)n2)cs1. The Morgan fingerprint density at radius 1 is 1.12 bits per heavy atom. The molecule has 1 fully saturated rings. The number of nitrogens with two attached hydrogens (primary N) is 1. The number of fused-ring (bicyclic) bond motifs is 1. The highest BCUT2D eigenvalue weighted by molar-refractivity contribution is 7.12. The minimum Gasteiger partial charge on any atom is -0.478 e. The van der Waals surface area contributed by atoms with Crippen molar-refractivity contribution >= 4 is 34.2 Å². The molecule has 2 aromatic carbocycles. The Morgan fingerprint density at radius 3 is 2.67 bits per heavy atom. The molecular formula is C30H24F2N4O5S. The Hall–Kier alpha value is -4.68. The van der Waals surface area contributed by atoms with E-state index in [1.807, 2.05) is 4.57 Å². The molecule has 1 saturated heterocycles. The number of carboxylic acids is 1. The summed E-state index contributed by atoms with van der Waals surface area (Å²) in [5, 5.41) is 11.2. The van der Waals surface area contributed by atoms with Gasteiger partial charge in [0.1, 0.15) is 24.1 Å². The second-order valence-corrected chi connectivity index (χ2v) is 10.8. The number of imidazole rings is 1. The zero-order chi connectivity index (χ0) is 29.4. The second kappa shape index (κ2) is 11.3. The smallest absolute Gasteiger partial charge is 0.335 e. The summed E-state index contributed by atoms with van der Waals surface area (Å²) in [6.45, 7) is 1.18. The lowest BCUT2D eigenvalue weighted by molar-refractivity contribution is -0.0589. The van der Waals surface area contributed by atoms with Crippen LogP contribution in [-0.2, 0) is 24.3 Å². The van der Waals surface area contributed by atoms with Crippen molar-refractivity contribution in [2.24, 2.45) is 5.73 Å². The fourth-order valence-electron chi connectivity index (χ4n) is 4.75. The van der Waals surface area contributed by atoms with Crippen molar-refractivity contribution in [1.29, 1.82) is 0 Å². The van der Waals surface area contributed by atoms with E-state index in [1.165, 1.54) is 23.5 Å². The molecule has 0 saturated carbocycles. The molecule has 1 amide bonds. The molecule has 0 spiro atoms. The average molecular weight is 591 g/mol. The van der Waals surface area contributed by atoms with E-state index in [4.69, 9.17) is 15.2 Å². The number of amides is 1. The minimum absolute atomic E-state index is 0.0165. The molecule has 1 aliphatic rings. The summed E-state index contributed by atoms with van der Waals surface area (Å²) in [6.07, 6.45) is 0.758. The third-order valence-corrected chi connectivity index (χ3v) is 8.01. The highest BCUT2D eigenvalue weighted by Crippen LogP contribution is 2.29. The lowest BCUT2D eigenvalue weighted by Gasteiger charge is -2.27. The Bertz CT molecular complexity index is 1830. The largest absolute Gasteiger partial charge is 0.478 e. The lowest BCUT2D eigenvalue weighted by Crippen LogP contribution is -2.31. The van der Waals surface area contributed by atoms with Gasteiger partial charge in [0.2, 0.25) is 5.88 Å². The van der Waals surface area contributed by atoms with Crippen LogP contribution >= 0.6 is 11.3 Å². The molecule has 6 rings (SSSR count). The fourth-order valence-corrected chi connectivity index (χ4v) is 5.50. The van der Waals surface area contributed by atoms with E-state index in [0.29, 0.717) is 34.9 Å². The van der Waals surface area contributed by atoms with Gasteiger partial charge in [-0.05, 0) is 59.8 Å². The van der Waals surface area contributed by atoms with Crippen molar-refractivity contribution in [2.75, 3.05) is 6.61 Å². The number of ether oxygens (including phenoxy) is 2. The van der Waals surface area contributed by atoms with Crippen LogP contribution in [0.2, 0.25) is 0 Å². The predicted molar refractivity (Wildman–Crippen MR) is 151 cm³/mol. The Labute approximate surface area is 242 Å². The number of hydrogen-bond donors (Lipinski definition) is 2. The first-order valence-corrected chi connectivity index (χ1v) is 13.9. The van der Waals surface area contributed by atoms with Gasteiger partial charge in [-0.15, -0.1) is 11.3 Å². The number of thiophene rings is 1. The van der Waals surface area contributed by atoms with Crippen LogP contribution in [0.4, 0.5) is 8.78 Å². The molecule has 5 aromatic rings. The first-order valence-electron chi connectivity index (χ1n) is 13.0. The maximum Gasteiger partial charge on any atom is 0.335 e. The van der Waals surface area contributed by atoms with Crippen molar-refractivity contribution in [3.63, 3.8) is 0 Å². The predicted octanol–water partition coefficient (Wildman–Crippen LogP) is 5.19. The molecule has 1 atom stereocenters. The molecule has 9 nitrogen and oxygen atoms in total. The van der Waals surface area contributed by atoms with Crippen molar-refractivity contribution < 1.29 is 33.0 Å². The summed E-state index contributed by atoms with van der Waals surface area (Å²) in [5.41, 5.74) is 7.53. The summed E-state index contributed by atoms with van der Waals surface area (Å²) >= 11 is 1.21. The first kappa shape index (κ1) is 27.5. The van der Waals surface area contributed by atoms with Crippen LogP contribution in [0.15, 0.2) is 60.0 Å². The Morgan fingerprint density at radius 2 is 1.95 bits per heavy atom. The number of pyridine rings is 1. The van der Waals surface area contributed by atoms with Gasteiger partial charge in [0.25, 0.3) is 5.91 Å². The van der Waals surface area contributed by atoms with Gasteiger partial charge in [-0.2, -0.15) is 0 Å². The molecule has 3 aromatic heterocycles. The number of aromatic carboxylic acids is 1. The molecule has 42 heavy (non-hydrogen) atoms. The monoisotopic (exact) mass is 590 g/mol. The van der Waals surface area contributed by atoms with E-state index >= 15 is 8.78 Å². The summed E-state index contributed by atoms with van der Waals surface area (Å²) in [4.78, 5) is 32.2. The third-order valence-electron chi connectivity index (χ3n) is 7.02. The highest BCUT2D eigenvalue weighted by atomic mass is 32.1. The van der Waals surface area contributed by atoms with Gasteiger partial charge in [-0.25, -0.2) is 23.5 Å². The molecule has 0 unspecified atom stereocenters. The van der Waals surface area contributed by atoms with Gasteiger partial charge >= 0.3 is 5.97 Å². The number of carbonyl (C=O) groups excluding carboxylic acids is 1. The topological polar surface area (TPSA) is 130 Å². The number of primary amides is 1. The van der Waals surface area contributed by atoms with Gasteiger partial charge in [0, 0.05) is 30.2 Å². The van der Waals surface area contributed by atoms with Crippen LogP contribution in [0.1, 0.15) is 43.4 Å². The zero-order valence-corrected chi connectivity index (χ0v) is 22.9. The standard InChI is InChI=1S/C30H24F2N4O5S/c31-21-12-20(23-2-1-3-28(35-23)41-14-16-8-26(29(33)37)42-15-16)22(32)9-18(21)11-27-34-24-5-4-17(30(38)39)10-25(24)36(27)13-19-6-7-40-19/h1-5,8-10,12,15,19H,6-7,11,13-14H2,(H2,33,37)(H,38,39)/t19-/m0/s1. The van der Waals surface area contributed by atoms with Crippen molar-refractivity contribution in [2.45, 2.75) is 32.1 Å². The van der Waals surface area contributed by atoms with Gasteiger partial charge in [-0.1, -0.05) is 6.07 Å². The summed E-state index contributed by atoms with van der Waals surface area (Å²) < 4.78 is 43.9. The molecular weight excluding hydrogens is 566 g/mol. The van der Waals surface area contributed by atoms with Crippen LogP contribution in [0.3, 0.4) is 0 Å². The number of hydrogen-bond acceptors (Lipinski definition) is 7. The number of halogens is 2. The van der Waals surface area contributed by atoms with E-state index in [1.54, 1.807) is 35.7 Å². The fraction of sp³-hybridized carbons (Fsp3) is 0.200. The minimum atomic E-state index is -1.07. The first-order chi connectivity index (χ1) is 20.2. The van der Waals surface area contributed by atoms with Gasteiger partial charge in [0.05, 0.1) is 39.8 Å². The number of benzene rings is 2. The number of rotatable bonds is 10. The Kier molecular flexibility index (Phi) is 7.40. The molecule has 0 aliphatic carbocycles. The van der Waals surface area contributed by atoms with E-state index in [-0.39, 0.29) is 47.4 Å². The molecule has 214 valence electrons. The summed E-state index contributed by atoms with van der Waals surface area (Å²) in [7, 11) is 0. The van der Waals surface area contributed by atoms with Crippen molar-refractivity contribution in [1.82, 2.24) is 14.5 Å². The van der Waals surface area contributed by atoms with Crippen LogP contribution in [0, 0.1) is 11.6 Å². The molecule has 12 heteroatoms. The maximum atomic E-state index is 15.4. The summed E-state index contributed by atoms with van der Waals surface area (Å²) in [6, 6.07) is 13.2. The van der Waals surface area contributed by atoms with Gasteiger partial charge in [0.15, 0.2) is 0 Å². The lowest BCUT2D eigenvalue weighted by atomic mass is 10.0.